The Hall–Kier alpha value is -2.24. The lowest BCUT2D eigenvalue weighted by Gasteiger charge is -2.17. The van der Waals surface area contributed by atoms with Crippen LogP contribution in [-0.4, -0.2) is 45.2 Å². The maximum Gasteiger partial charge on any atom is 0.225 e. The van der Waals surface area contributed by atoms with E-state index in [2.05, 4.69) is 10.2 Å². The summed E-state index contributed by atoms with van der Waals surface area (Å²) in [6.07, 6.45) is 1.27. The third-order valence-electron chi connectivity index (χ3n) is 4.10. The van der Waals surface area contributed by atoms with E-state index in [1.807, 2.05) is 37.4 Å². The summed E-state index contributed by atoms with van der Waals surface area (Å²) in [5.74, 6) is 1.41. The zero-order chi connectivity index (χ0) is 18.9. The van der Waals surface area contributed by atoms with Gasteiger partial charge < -0.3 is 19.7 Å². The van der Waals surface area contributed by atoms with E-state index in [1.165, 1.54) is 0 Å². The van der Waals surface area contributed by atoms with E-state index < -0.39 is 0 Å². The maximum atomic E-state index is 12.1. The molecule has 6 heteroatoms. The van der Waals surface area contributed by atoms with Crippen LogP contribution >= 0.6 is 11.6 Å². The van der Waals surface area contributed by atoms with Gasteiger partial charge in [-0.2, -0.15) is 0 Å². The van der Waals surface area contributed by atoms with Crippen molar-refractivity contribution >= 4 is 23.2 Å². The Bertz CT molecular complexity index is 737. The van der Waals surface area contributed by atoms with Crippen molar-refractivity contribution in [1.29, 1.82) is 0 Å². The van der Waals surface area contributed by atoms with Crippen molar-refractivity contribution in [2.24, 2.45) is 0 Å². The Morgan fingerprint density at radius 2 is 1.81 bits per heavy atom. The van der Waals surface area contributed by atoms with Gasteiger partial charge in [-0.25, -0.2) is 0 Å². The number of halogens is 1. The normalized spacial score (nSPS) is 10.7. The molecule has 0 saturated heterocycles. The fourth-order valence-electron chi connectivity index (χ4n) is 2.54. The summed E-state index contributed by atoms with van der Waals surface area (Å²) in [5, 5.41) is 3.38. The molecule has 0 aromatic heterocycles. The number of carbonyl (C=O) groups excluding carboxylic acids is 1. The van der Waals surface area contributed by atoms with Crippen LogP contribution in [0.1, 0.15) is 12.0 Å². The number of likely N-dealkylation sites (N-methyl/N-ethyl adjacent to an activating group) is 1. The molecule has 0 atom stereocenters. The van der Waals surface area contributed by atoms with E-state index in [4.69, 9.17) is 21.1 Å². The van der Waals surface area contributed by atoms with Gasteiger partial charge in [-0.15, -0.1) is 0 Å². The molecule has 0 aliphatic heterocycles. The Morgan fingerprint density at radius 3 is 2.50 bits per heavy atom. The minimum Gasteiger partial charge on any atom is -0.493 e. The zero-order valence-corrected chi connectivity index (χ0v) is 16.2. The van der Waals surface area contributed by atoms with Crippen LogP contribution in [0.25, 0.3) is 0 Å². The molecule has 0 saturated carbocycles. The quantitative estimate of drug-likeness (QED) is 0.722. The number of nitrogens with one attached hydrogen (secondary N) is 1. The Kier molecular flexibility index (Phi) is 7.75. The van der Waals surface area contributed by atoms with E-state index >= 15 is 0 Å². The first kappa shape index (κ1) is 20.1. The monoisotopic (exact) mass is 376 g/mol. The lowest BCUT2D eigenvalue weighted by atomic mass is 10.1. The van der Waals surface area contributed by atoms with Crippen molar-refractivity contribution in [3.8, 4) is 11.5 Å². The molecular formula is C20H25ClN2O3. The molecule has 0 bridgehead atoms. The van der Waals surface area contributed by atoms with Gasteiger partial charge in [-0.05, 0) is 43.3 Å². The molecule has 2 rings (SSSR count). The van der Waals surface area contributed by atoms with Crippen LogP contribution in [0.5, 0.6) is 11.5 Å². The number of ether oxygens (including phenoxy) is 2. The zero-order valence-electron chi connectivity index (χ0n) is 15.4. The number of amides is 1. The first-order valence-electron chi connectivity index (χ1n) is 8.47. The molecule has 5 nitrogen and oxygen atoms in total. The van der Waals surface area contributed by atoms with E-state index in [0.717, 1.165) is 30.0 Å². The molecule has 2 aromatic carbocycles. The minimum atomic E-state index is -0.0453. The number of carbonyl (C=O) groups is 1. The average molecular weight is 377 g/mol. The Morgan fingerprint density at radius 1 is 1.08 bits per heavy atom. The van der Waals surface area contributed by atoms with Gasteiger partial charge >= 0.3 is 0 Å². The van der Waals surface area contributed by atoms with Crippen molar-refractivity contribution in [3.63, 3.8) is 0 Å². The predicted molar refractivity (Wildman–Crippen MR) is 105 cm³/mol. The van der Waals surface area contributed by atoms with Gasteiger partial charge in [0, 0.05) is 19.5 Å². The van der Waals surface area contributed by atoms with Gasteiger partial charge in [0.1, 0.15) is 0 Å². The molecule has 1 N–H and O–H groups in total. The third-order valence-corrected chi connectivity index (χ3v) is 4.43. The highest BCUT2D eigenvalue weighted by Crippen LogP contribution is 2.27. The van der Waals surface area contributed by atoms with Gasteiger partial charge in [-0.3, -0.25) is 4.79 Å². The maximum absolute atomic E-state index is 12.1. The number of hydrogen-bond acceptors (Lipinski definition) is 4. The number of anilines is 1. The molecule has 26 heavy (non-hydrogen) atoms. The number of hydrogen-bond donors (Lipinski definition) is 1. The lowest BCUT2D eigenvalue weighted by molar-refractivity contribution is -0.116. The molecule has 0 unspecified atom stereocenters. The first-order chi connectivity index (χ1) is 12.5. The van der Waals surface area contributed by atoms with Crippen LogP contribution in [0, 0.1) is 0 Å². The molecule has 1 amide bonds. The van der Waals surface area contributed by atoms with E-state index in [1.54, 1.807) is 26.4 Å². The molecule has 0 heterocycles. The second kappa shape index (κ2) is 10.0. The number of nitrogens with zero attached hydrogens (tertiary/aromatic N) is 1. The van der Waals surface area contributed by atoms with Gasteiger partial charge in [0.2, 0.25) is 5.91 Å². The van der Waals surface area contributed by atoms with Gasteiger partial charge in [-0.1, -0.05) is 29.8 Å². The summed E-state index contributed by atoms with van der Waals surface area (Å²) < 4.78 is 10.6. The highest BCUT2D eigenvalue weighted by molar-refractivity contribution is 6.33. The van der Waals surface area contributed by atoms with Crippen LogP contribution in [0.3, 0.4) is 0 Å². The van der Waals surface area contributed by atoms with E-state index in [-0.39, 0.29) is 5.91 Å². The van der Waals surface area contributed by atoms with Gasteiger partial charge in [0.05, 0.1) is 24.9 Å². The molecule has 140 valence electrons. The Labute approximate surface area is 159 Å². The smallest absolute Gasteiger partial charge is 0.225 e. The fourth-order valence-corrected chi connectivity index (χ4v) is 2.72. The summed E-state index contributed by atoms with van der Waals surface area (Å²) in [5.41, 5.74) is 1.81. The van der Waals surface area contributed by atoms with Crippen molar-refractivity contribution in [2.75, 3.05) is 39.7 Å². The topological polar surface area (TPSA) is 50.8 Å². The Balaban J connectivity index is 1.77. The summed E-state index contributed by atoms with van der Waals surface area (Å²) in [4.78, 5) is 14.2. The highest BCUT2D eigenvalue weighted by Gasteiger charge is 2.09. The highest BCUT2D eigenvalue weighted by atomic mass is 35.5. The standard InChI is InChI=1S/C20H25ClN2O3/c1-23(12-10-15-8-9-18(25-2)19(14-15)26-3)13-11-20(24)22-17-7-5-4-6-16(17)21/h4-9,14H,10-13H2,1-3H3,(H,22,24). The van der Waals surface area contributed by atoms with Gasteiger partial charge in [0.15, 0.2) is 11.5 Å². The second-order valence-corrected chi connectivity index (χ2v) is 6.43. The van der Waals surface area contributed by atoms with Crippen molar-refractivity contribution in [3.05, 3.63) is 53.1 Å². The fraction of sp³-hybridized carbons (Fsp3) is 0.350. The third kappa shape index (κ3) is 5.93. The van der Waals surface area contributed by atoms with Gasteiger partial charge in [0.25, 0.3) is 0 Å². The van der Waals surface area contributed by atoms with Crippen LogP contribution in [0.15, 0.2) is 42.5 Å². The summed E-state index contributed by atoms with van der Waals surface area (Å²) in [6, 6.07) is 13.1. The number of para-hydroxylation sites is 1. The van der Waals surface area contributed by atoms with Crippen LogP contribution in [0.2, 0.25) is 5.02 Å². The van der Waals surface area contributed by atoms with E-state index in [9.17, 15) is 4.79 Å². The predicted octanol–water partition coefficient (Wildman–Crippen LogP) is 3.86. The lowest BCUT2D eigenvalue weighted by Crippen LogP contribution is -2.26. The van der Waals surface area contributed by atoms with Crippen molar-refractivity contribution in [2.45, 2.75) is 12.8 Å². The minimum absolute atomic E-state index is 0.0453. The molecule has 0 radical (unpaired) electrons. The summed E-state index contributed by atoms with van der Waals surface area (Å²) in [7, 11) is 5.26. The average Bonchev–Trinajstić information content (AvgIpc) is 2.66. The molecule has 0 spiro atoms. The second-order valence-electron chi connectivity index (χ2n) is 6.02. The summed E-state index contributed by atoms with van der Waals surface area (Å²) >= 11 is 6.05. The van der Waals surface area contributed by atoms with Crippen molar-refractivity contribution < 1.29 is 14.3 Å². The van der Waals surface area contributed by atoms with E-state index in [0.29, 0.717) is 23.7 Å². The molecule has 0 aliphatic rings. The molecular weight excluding hydrogens is 352 g/mol. The molecule has 0 fully saturated rings. The van der Waals surface area contributed by atoms with Crippen LogP contribution < -0.4 is 14.8 Å². The van der Waals surface area contributed by atoms with Crippen molar-refractivity contribution in [1.82, 2.24) is 4.90 Å². The SMILES string of the molecule is COc1ccc(CCN(C)CCC(=O)Nc2ccccc2Cl)cc1OC. The summed E-state index contributed by atoms with van der Waals surface area (Å²) in [6.45, 7) is 1.51. The number of benzene rings is 2. The number of methoxy groups -OCH3 is 2. The molecule has 0 aliphatic carbocycles. The van der Waals surface area contributed by atoms with Crippen LogP contribution in [-0.2, 0) is 11.2 Å². The first-order valence-corrected chi connectivity index (χ1v) is 8.85. The largest absolute Gasteiger partial charge is 0.493 e. The molecule has 2 aromatic rings. The number of rotatable bonds is 9. The van der Waals surface area contributed by atoms with Crippen LogP contribution in [0.4, 0.5) is 5.69 Å².